The van der Waals surface area contributed by atoms with Crippen LogP contribution in [0.2, 0.25) is 0 Å². The maximum Gasteiger partial charge on any atom is 0.0930 e. The summed E-state index contributed by atoms with van der Waals surface area (Å²) in [5.41, 5.74) is 13.1. The van der Waals surface area contributed by atoms with Gasteiger partial charge in [-0.3, -0.25) is 0 Å². The number of nitrogens with zero attached hydrogens (tertiary/aromatic N) is 2. The minimum Gasteiger partial charge on any atom is -0.150 e. The summed E-state index contributed by atoms with van der Waals surface area (Å²) in [6.07, 6.45) is 0. The van der Waals surface area contributed by atoms with Crippen LogP contribution in [0.4, 0.5) is 0 Å². The van der Waals surface area contributed by atoms with Gasteiger partial charge in [-0.15, -0.1) is 10.2 Å². The third-order valence-corrected chi connectivity index (χ3v) is 9.38. The molecular formula is C36H24N2S. The van der Waals surface area contributed by atoms with Crippen molar-refractivity contribution in [1.29, 1.82) is 0 Å². The summed E-state index contributed by atoms with van der Waals surface area (Å²) in [6.45, 7) is 2.40. The van der Waals surface area contributed by atoms with Gasteiger partial charge < -0.3 is 0 Å². The third-order valence-electron chi connectivity index (χ3n) is 8.25. The van der Waals surface area contributed by atoms with E-state index in [4.69, 9.17) is 0 Å². The summed E-state index contributed by atoms with van der Waals surface area (Å²) in [5, 5.41) is 9.07. The van der Waals surface area contributed by atoms with Crippen LogP contribution < -0.4 is 0 Å². The zero-order chi connectivity index (χ0) is 26.0. The van der Waals surface area contributed by atoms with Gasteiger partial charge in [0.25, 0.3) is 0 Å². The lowest BCUT2D eigenvalue weighted by Crippen LogP contribution is -2.26. The van der Waals surface area contributed by atoms with E-state index in [2.05, 4.69) is 120 Å². The second kappa shape index (κ2) is 8.52. The molecule has 0 amide bonds. The van der Waals surface area contributed by atoms with Crippen LogP contribution in [-0.4, -0.2) is 10.2 Å². The molecule has 1 aromatic heterocycles. The summed E-state index contributed by atoms with van der Waals surface area (Å²) < 4.78 is 0. The van der Waals surface area contributed by atoms with Crippen LogP contribution in [0.25, 0.3) is 44.8 Å². The van der Waals surface area contributed by atoms with E-state index in [1.807, 2.05) is 36.0 Å². The monoisotopic (exact) mass is 516 g/mol. The van der Waals surface area contributed by atoms with E-state index >= 15 is 0 Å². The van der Waals surface area contributed by atoms with Crippen molar-refractivity contribution >= 4 is 11.8 Å². The van der Waals surface area contributed by atoms with Gasteiger partial charge in [-0.1, -0.05) is 103 Å². The van der Waals surface area contributed by atoms with Crippen molar-refractivity contribution in [3.05, 3.63) is 144 Å². The molecule has 0 saturated heterocycles. The lowest BCUT2D eigenvalue weighted by Gasteiger charge is -2.35. The Hall–Kier alpha value is -4.47. The summed E-state index contributed by atoms with van der Waals surface area (Å²) in [4.78, 5) is 2.72. The fourth-order valence-electron chi connectivity index (χ4n) is 6.35. The lowest BCUT2D eigenvalue weighted by molar-refractivity contribution is 0.675. The highest BCUT2D eigenvalue weighted by Gasteiger charge is 2.46. The highest BCUT2D eigenvalue weighted by Crippen LogP contribution is 2.60. The van der Waals surface area contributed by atoms with Crippen molar-refractivity contribution in [3.63, 3.8) is 0 Å². The molecule has 184 valence electrons. The first-order chi connectivity index (χ1) is 19.2. The van der Waals surface area contributed by atoms with Gasteiger partial charge in [-0.2, -0.15) is 0 Å². The molecule has 3 heteroatoms. The predicted octanol–water partition coefficient (Wildman–Crippen LogP) is 9.28. The molecule has 1 unspecified atom stereocenters. The number of hydrogen-bond acceptors (Lipinski definition) is 3. The number of aromatic nitrogens is 2. The average Bonchev–Trinajstić information content (AvgIpc) is 3.27. The van der Waals surface area contributed by atoms with Crippen molar-refractivity contribution in [3.8, 4) is 44.8 Å². The first-order valence-electron chi connectivity index (χ1n) is 13.3. The molecule has 0 bridgehead atoms. The van der Waals surface area contributed by atoms with Crippen LogP contribution >= 0.6 is 11.8 Å². The van der Waals surface area contributed by atoms with E-state index < -0.39 is 0 Å². The van der Waals surface area contributed by atoms with E-state index in [1.165, 1.54) is 48.7 Å². The molecule has 0 saturated carbocycles. The SMILES string of the molecule is CC12c3ccccc3Sc3cccc(c31)-c1cc(-c3cccc(-c4ccc(-c5ccccc5)nn4)c3)ccc12. The van der Waals surface area contributed by atoms with Crippen LogP contribution in [0.15, 0.2) is 137 Å². The molecule has 2 nitrogen and oxygen atoms in total. The van der Waals surface area contributed by atoms with Crippen LogP contribution in [0.3, 0.4) is 0 Å². The van der Waals surface area contributed by atoms with Crippen LogP contribution in [0.5, 0.6) is 0 Å². The van der Waals surface area contributed by atoms with Gasteiger partial charge in [0, 0.05) is 26.3 Å². The quantitative estimate of drug-likeness (QED) is 0.234. The number of fused-ring (bicyclic) bond motifs is 5. The summed E-state index contributed by atoms with van der Waals surface area (Å²) in [6, 6.07) is 45.6. The van der Waals surface area contributed by atoms with Gasteiger partial charge in [0.1, 0.15) is 0 Å². The van der Waals surface area contributed by atoms with Crippen LogP contribution in [0, 0.1) is 0 Å². The Morgan fingerprint density at radius 1 is 0.487 bits per heavy atom. The fraction of sp³-hybridized carbons (Fsp3) is 0.0556. The molecule has 5 aromatic carbocycles. The molecule has 0 fully saturated rings. The lowest BCUT2D eigenvalue weighted by atomic mass is 9.74. The zero-order valence-electron chi connectivity index (χ0n) is 21.4. The van der Waals surface area contributed by atoms with Gasteiger partial charge in [-0.05, 0) is 82.3 Å². The Bertz CT molecular complexity index is 1890. The molecule has 2 heterocycles. The second-order valence-electron chi connectivity index (χ2n) is 10.4. The zero-order valence-corrected chi connectivity index (χ0v) is 22.2. The van der Waals surface area contributed by atoms with Gasteiger partial charge in [0.15, 0.2) is 0 Å². The maximum atomic E-state index is 4.56. The Balaban J connectivity index is 1.21. The molecular weight excluding hydrogens is 492 g/mol. The van der Waals surface area contributed by atoms with Crippen molar-refractivity contribution in [2.75, 3.05) is 0 Å². The van der Waals surface area contributed by atoms with E-state index in [0.717, 1.165) is 22.5 Å². The Labute approximate surface area is 232 Å². The Morgan fingerprint density at radius 2 is 1.15 bits per heavy atom. The first-order valence-corrected chi connectivity index (χ1v) is 14.1. The van der Waals surface area contributed by atoms with Crippen molar-refractivity contribution < 1.29 is 0 Å². The van der Waals surface area contributed by atoms with Crippen LogP contribution in [0.1, 0.15) is 23.6 Å². The maximum absolute atomic E-state index is 4.56. The Kier molecular flexibility index (Phi) is 4.92. The second-order valence-corrected chi connectivity index (χ2v) is 11.5. The molecule has 2 aliphatic rings. The van der Waals surface area contributed by atoms with E-state index in [1.54, 1.807) is 0 Å². The minimum absolute atomic E-state index is 0.139. The molecule has 0 N–H and O–H groups in total. The third kappa shape index (κ3) is 3.36. The van der Waals surface area contributed by atoms with Crippen molar-refractivity contribution in [2.24, 2.45) is 0 Å². The van der Waals surface area contributed by atoms with Gasteiger partial charge in [0.05, 0.1) is 11.4 Å². The fourth-order valence-corrected chi connectivity index (χ4v) is 7.68. The molecule has 1 aliphatic heterocycles. The normalized spacial score (nSPS) is 16.3. The number of rotatable bonds is 3. The standard InChI is InChI=1S/C36H24N2S/c1-36-29-18-17-25(22-28(29)27-13-8-16-34(35(27)36)39-33-15-6-5-14-30(33)36)24-11-7-12-26(21-24)32-20-19-31(37-38-32)23-9-3-2-4-10-23/h2-22H,1H3. The molecule has 6 aromatic rings. The molecule has 1 atom stereocenters. The smallest absolute Gasteiger partial charge is 0.0930 e. The summed E-state index contributed by atoms with van der Waals surface area (Å²) in [5.74, 6) is 0. The molecule has 1 aliphatic carbocycles. The average molecular weight is 517 g/mol. The van der Waals surface area contributed by atoms with E-state index in [-0.39, 0.29) is 5.41 Å². The van der Waals surface area contributed by atoms with Gasteiger partial charge in [0.2, 0.25) is 0 Å². The summed E-state index contributed by atoms with van der Waals surface area (Å²) >= 11 is 1.90. The van der Waals surface area contributed by atoms with E-state index in [0.29, 0.717) is 0 Å². The highest BCUT2D eigenvalue weighted by atomic mass is 32.2. The van der Waals surface area contributed by atoms with Gasteiger partial charge in [-0.25, -0.2) is 0 Å². The molecule has 0 spiro atoms. The van der Waals surface area contributed by atoms with Crippen molar-refractivity contribution in [2.45, 2.75) is 22.1 Å². The van der Waals surface area contributed by atoms with E-state index in [9.17, 15) is 0 Å². The molecule has 0 radical (unpaired) electrons. The minimum atomic E-state index is -0.139. The molecule has 8 rings (SSSR count). The number of benzene rings is 5. The summed E-state index contributed by atoms with van der Waals surface area (Å²) in [7, 11) is 0. The van der Waals surface area contributed by atoms with Gasteiger partial charge >= 0.3 is 0 Å². The molecule has 39 heavy (non-hydrogen) atoms. The topological polar surface area (TPSA) is 25.8 Å². The number of hydrogen-bond donors (Lipinski definition) is 0. The van der Waals surface area contributed by atoms with Crippen LogP contribution in [-0.2, 0) is 5.41 Å². The van der Waals surface area contributed by atoms with Crippen molar-refractivity contribution in [1.82, 2.24) is 10.2 Å². The largest absolute Gasteiger partial charge is 0.150 e. The highest BCUT2D eigenvalue weighted by molar-refractivity contribution is 7.99. The first kappa shape index (κ1) is 22.5. The Morgan fingerprint density at radius 3 is 2.00 bits per heavy atom. The predicted molar refractivity (Wildman–Crippen MR) is 160 cm³/mol.